The third-order valence-electron chi connectivity index (χ3n) is 6.68. The molecule has 37 heavy (non-hydrogen) atoms. The van der Waals surface area contributed by atoms with Gasteiger partial charge in [0.2, 0.25) is 5.90 Å². The number of benzene rings is 2. The molecule has 1 fully saturated rings. The fourth-order valence-electron chi connectivity index (χ4n) is 4.89. The molecule has 0 spiro atoms. The molecule has 1 aliphatic rings. The molecule has 198 valence electrons. The van der Waals surface area contributed by atoms with Gasteiger partial charge in [-0.05, 0) is 79.5 Å². The van der Waals surface area contributed by atoms with Gasteiger partial charge in [0.15, 0.2) is 6.29 Å². The monoisotopic (exact) mass is 526 g/mol. The third-order valence-corrected chi connectivity index (χ3v) is 6.92. The Morgan fingerprint density at radius 3 is 2.65 bits per heavy atom. The van der Waals surface area contributed by atoms with Gasteiger partial charge in [-0.2, -0.15) is 5.10 Å². The van der Waals surface area contributed by atoms with Crippen molar-refractivity contribution < 1.29 is 13.9 Å². The Labute approximate surface area is 224 Å². The number of allylic oxidation sites excluding steroid dienone is 1. The first-order chi connectivity index (χ1) is 18.0. The van der Waals surface area contributed by atoms with Crippen LogP contribution < -0.4 is 10.6 Å². The molecule has 0 radical (unpaired) electrons. The summed E-state index contributed by atoms with van der Waals surface area (Å²) in [5.74, 6) is 0.881. The summed E-state index contributed by atoms with van der Waals surface area (Å²) in [5, 5.41) is 14.9. The summed E-state index contributed by atoms with van der Waals surface area (Å²) in [4.78, 5) is 11.9. The second-order valence-corrected chi connectivity index (χ2v) is 9.79. The maximum absolute atomic E-state index is 13.3. The van der Waals surface area contributed by atoms with Crippen LogP contribution in [0.25, 0.3) is 5.70 Å². The number of nitrogens with one attached hydrogen (secondary N) is 2. The van der Waals surface area contributed by atoms with Crippen LogP contribution in [-0.4, -0.2) is 39.1 Å². The molecule has 0 aromatic heterocycles. The summed E-state index contributed by atoms with van der Waals surface area (Å²) in [6.45, 7) is 6.83. The molecule has 6 nitrogen and oxygen atoms in total. The van der Waals surface area contributed by atoms with Gasteiger partial charge in [0, 0.05) is 36.5 Å². The summed E-state index contributed by atoms with van der Waals surface area (Å²) in [6.07, 6.45) is 6.89. The van der Waals surface area contributed by atoms with E-state index in [-0.39, 0.29) is 5.82 Å². The first kappa shape index (κ1) is 28.4. The molecule has 0 bridgehead atoms. The Morgan fingerprint density at radius 1 is 1.22 bits per heavy atom. The van der Waals surface area contributed by atoms with Gasteiger partial charge in [-0.15, -0.1) is 5.10 Å². The Bertz CT molecular complexity index is 1120. The predicted octanol–water partition coefficient (Wildman–Crippen LogP) is 5.99. The number of aldehydes is 1. The molecule has 8 heteroatoms. The van der Waals surface area contributed by atoms with Crippen molar-refractivity contribution in [2.45, 2.75) is 45.4 Å². The molecular weight excluding hydrogens is 491 g/mol. The topological polar surface area (TPSA) is 75.1 Å². The van der Waals surface area contributed by atoms with E-state index in [1.807, 2.05) is 18.2 Å². The van der Waals surface area contributed by atoms with E-state index in [4.69, 9.17) is 16.3 Å². The lowest BCUT2D eigenvalue weighted by Gasteiger charge is -2.30. The smallest absolute Gasteiger partial charge is 0.241 e. The lowest BCUT2D eigenvalue weighted by molar-refractivity contribution is -0.105. The van der Waals surface area contributed by atoms with Crippen molar-refractivity contribution in [3.05, 3.63) is 75.7 Å². The number of rotatable bonds is 12. The van der Waals surface area contributed by atoms with Crippen LogP contribution in [0.15, 0.2) is 58.4 Å². The lowest BCUT2D eigenvalue weighted by Crippen LogP contribution is -2.30. The van der Waals surface area contributed by atoms with Crippen molar-refractivity contribution in [2.24, 2.45) is 22.0 Å². The maximum Gasteiger partial charge on any atom is 0.241 e. The quantitative estimate of drug-likeness (QED) is 0.117. The van der Waals surface area contributed by atoms with E-state index in [0.29, 0.717) is 47.3 Å². The summed E-state index contributed by atoms with van der Waals surface area (Å²) >= 11 is 6.27. The molecular formula is C29H36ClFN4O2. The maximum atomic E-state index is 13.3. The van der Waals surface area contributed by atoms with Crippen LogP contribution in [0.5, 0.6) is 0 Å². The van der Waals surface area contributed by atoms with Gasteiger partial charge in [0.1, 0.15) is 5.82 Å². The van der Waals surface area contributed by atoms with Gasteiger partial charge in [0.25, 0.3) is 0 Å². The molecule has 2 aromatic rings. The highest BCUT2D eigenvalue weighted by molar-refractivity contribution is 6.31. The van der Waals surface area contributed by atoms with Crippen LogP contribution in [0.4, 0.5) is 4.39 Å². The summed E-state index contributed by atoms with van der Waals surface area (Å²) < 4.78 is 19.5. The van der Waals surface area contributed by atoms with Crippen molar-refractivity contribution in [1.29, 1.82) is 0 Å². The molecule has 1 aliphatic carbocycles. The number of nitrogens with zero attached hydrogens (tertiary/aromatic N) is 2. The van der Waals surface area contributed by atoms with Gasteiger partial charge in [-0.1, -0.05) is 37.4 Å². The fourth-order valence-corrected chi connectivity index (χ4v) is 5.06. The highest BCUT2D eigenvalue weighted by Gasteiger charge is 2.24. The number of carbonyl (C=O) groups is 1. The van der Waals surface area contributed by atoms with Crippen LogP contribution in [0.3, 0.4) is 0 Å². The molecule has 0 aliphatic heterocycles. The van der Waals surface area contributed by atoms with E-state index in [1.54, 1.807) is 19.2 Å². The Kier molecular flexibility index (Phi) is 11.1. The van der Waals surface area contributed by atoms with E-state index >= 15 is 0 Å². The van der Waals surface area contributed by atoms with Gasteiger partial charge < -0.3 is 15.4 Å². The van der Waals surface area contributed by atoms with Crippen LogP contribution >= 0.6 is 11.6 Å². The average molecular weight is 527 g/mol. The second kappa shape index (κ2) is 14.5. The molecule has 2 unspecified atom stereocenters. The van der Waals surface area contributed by atoms with E-state index < -0.39 is 0 Å². The van der Waals surface area contributed by atoms with Crippen molar-refractivity contribution in [3.63, 3.8) is 0 Å². The summed E-state index contributed by atoms with van der Waals surface area (Å²) in [6, 6.07) is 11.8. The minimum atomic E-state index is -0.315. The molecule has 0 saturated heterocycles. The molecule has 1 saturated carbocycles. The first-order valence-corrected chi connectivity index (χ1v) is 13.2. The molecule has 0 amide bonds. The largest absolute Gasteiger partial charge is 0.476 e. The summed E-state index contributed by atoms with van der Waals surface area (Å²) in [5.41, 5.74) is 3.84. The minimum Gasteiger partial charge on any atom is -0.476 e. The zero-order valence-electron chi connectivity index (χ0n) is 21.6. The number of aryl methyl sites for hydroxylation is 1. The number of hydrogen-bond acceptors (Lipinski definition) is 6. The number of hydrogen-bond donors (Lipinski definition) is 2. The van der Waals surface area contributed by atoms with Crippen molar-refractivity contribution in [3.8, 4) is 0 Å². The number of carbonyl (C=O) groups excluding carboxylic acids is 1. The van der Waals surface area contributed by atoms with Gasteiger partial charge in [-0.3, -0.25) is 4.79 Å². The van der Waals surface area contributed by atoms with Crippen molar-refractivity contribution >= 4 is 36.2 Å². The first-order valence-electron chi connectivity index (χ1n) is 12.8. The normalized spacial score (nSPS) is 18.5. The van der Waals surface area contributed by atoms with Crippen molar-refractivity contribution in [1.82, 2.24) is 10.6 Å². The van der Waals surface area contributed by atoms with Crippen molar-refractivity contribution in [2.75, 3.05) is 20.2 Å². The van der Waals surface area contributed by atoms with Gasteiger partial charge in [0.05, 0.1) is 18.0 Å². The summed E-state index contributed by atoms with van der Waals surface area (Å²) in [7, 11) is 1.75. The highest BCUT2D eigenvalue weighted by atomic mass is 35.5. The molecule has 2 atom stereocenters. The van der Waals surface area contributed by atoms with Crippen LogP contribution in [-0.2, 0) is 16.0 Å². The molecule has 0 heterocycles. The van der Waals surface area contributed by atoms with Gasteiger partial charge >= 0.3 is 0 Å². The third kappa shape index (κ3) is 8.15. The lowest BCUT2D eigenvalue weighted by atomic mass is 9.81. The van der Waals surface area contributed by atoms with Crippen LogP contribution in [0.2, 0.25) is 5.02 Å². The SMILES string of the molecule is C=N/N=C(\OCC1CCCC(CN/C(C=O)=C(/NC)c2ccc(F)cc2)C1)c1cc(Cl)ccc1CCC. The van der Waals surface area contributed by atoms with Crippen LogP contribution in [0, 0.1) is 17.7 Å². The van der Waals surface area contributed by atoms with E-state index in [2.05, 4.69) is 34.5 Å². The predicted molar refractivity (Wildman–Crippen MR) is 149 cm³/mol. The second-order valence-electron chi connectivity index (χ2n) is 9.35. The van der Waals surface area contributed by atoms with E-state index in [0.717, 1.165) is 61.5 Å². The fraction of sp³-hybridized carbons (Fsp3) is 0.414. The van der Waals surface area contributed by atoms with E-state index in [1.165, 1.54) is 12.1 Å². The number of halogens is 2. The molecule has 2 N–H and O–H groups in total. The number of ether oxygens (including phenoxy) is 1. The van der Waals surface area contributed by atoms with Crippen LogP contribution in [0.1, 0.15) is 55.7 Å². The average Bonchev–Trinajstić information content (AvgIpc) is 2.91. The molecule has 3 rings (SSSR count). The van der Waals surface area contributed by atoms with Gasteiger partial charge in [-0.25, -0.2) is 4.39 Å². The Balaban J connectivity index is 1.63. The van der Waals surface area contributed by atoms with E-state index in [9.17, 15) is 9.18 Å². The highest BCUT2D eigenvalue weighted by Crippen LogP contribution is 2.30. The Morgan fingerprint density at radius 2 is 1.97 bits per heavy atom. The zero-order chi connectivity index (χ0) is 26.6. The minimum absolute atomic E-state index is 0.315. The zero-order valence-corrected chi connectivity index (χ0v) is 22.4. The Hall–Kier alpha value is -3.19. The molecule has 2 aromatic carbocycles. The standard InChI is InChI=1S/C29H36ClFN4O2/c1-4-6-22-9-12-24(30)16-26(22)29(35-33-3)37-19-21-8-5-7-20(15-21)17-34-27(18-36)28(32-2)23-10-13-25(31)14-11-23/h9-14,16,18,20-21,32,34H,3-8,15,17,19H2,1-2H3/b28-27+,35-29-.